The molecule has 4 aliphatic rings. The Labute approximate surface area is 302 Å². The predicted octanol–water partition coefficient (Wildman–Crippen LogP) is 0.585. The molecule has 10 unspecified atom stereocenters. The van der Waals surface area contributed by atoms with Crippen LogP contribution in [0, 0.1) is 11.8 Å². The topological polar surface area (TPSA) is 261 Å². The van der Waals surface area contributed by atoms with E-state index in [2.05, 4.69) is 0 Å². The Morgan fingerprint density at radius 1 is 0.943 bits per heavy atom. The minimum Gasteiger partial charge on any atom is -0.504 e. The van der Waals surface area contributed by atoms with Gasteiger partial charge in [0.2, 0.25) is 12.0 Å². The summed E-state index contributed by atoms with van der Waals surface area (Å²) in [6, 6.07) is 6.07. The maximum atomic E-state index is 12.9. The molecule has 2 aromatic rings. The third-order valence-electron chi connectivity index (χ3n) is 9.83. The van der Waals surface area contributed by atoms with Crippen LogP contribution in [0.5, 0.6) is 28.7 Å². The standard InChI is InChI=1S/C36H40O17/c1-47-23-9-17(10-24(48-2)28(23)41)32-20(11-37)19-7-15(8-22(39)33(19)52-32)3-6-26(40)49-13-16-4-5-18-21(34(45)46)14-50-35(27(16)18)53-36-31(44)30(43)29(42)25(12-38)51-36/h3-4,6-10,14,18,20,25,27,29-32,35-39,41-44H,5,11-13H2,1-2H3,(H,45,46). The second-order valence-electron chi connectivity index (χ2n) is 12.9. The number of aliphatic hydroxyl groups is 5. The zero-order valence-electron chi connectivity index (χ0n) is 28.5. The molecule has 17 heteroatoms. The highest BCUT2D eigenvalue weighted by atomic mass is 16.8. The van der Waals surface area contributed by atoms with Gasteiger partial charge in [0.15, 0.2) is 29.3 Å². The number of fused-ring (bicyclic) bond motifs is 2. The van der Waals surface area contributed by atoms with E-state index in [9.17, 15) is 50.4 Å². The Hall–Kier alpha value is -4.88. The molecule has 0 saturated carbocycles. The van der Waals surface area contributed by atoms with Crippen molar-refractivity contribution in [2.45, 2.75) is 55.4 Å². The van der Waals surface area contributed by atoms with E-state index in [1.165, 1.54) is 38.5 Å². The summed E-state index contributed by atoms with van der Waals surface area (Å²) in [5, 5.41) is 81.6. The van der Waals surface area contributed by atoms with Gasteiger partial charge >= 0.3 is 11.9 Å². The van der Waals surface area contributed by atoms with Crippen molar-refractivity contribution in [1.82, 2.24) is 0 Å². The molecule has 0 radical (unpaired) electrons. The van der Waals surface area contributed by atoms with Gasteiger partial charge in [-0.3, -0.25) is 0 Å². The average Bonchev–Trinajstić information content (AvgIpc) is 3.75. The zero-order valence-corrected chi connectivity index (χ0v) is 28.5. The van der Waals surface area contributed by atoms with Crippen LogP contribution >= 0.6 is 0 Å². The van der Waals surface area contributed by atoms with Gasteiger partial charge in [0.05, 0.1) is 51.1 Å². The lowest BCUT2D eigenvalue weighted by molar-refractivity contribution is -0.339. The fourth-order valence-electron chi connectivity index (χ4n) is 7.08. The number of methoxy groups -OCH3 is 2. The molecule has 10 atom stereocenters. The average molecular weight is 745 g/mol. The van der Waals surface area contributed by atoms with E-state index in [0.717, 1.165) is 12.3 Å². The highest BCUT2D eigenvalue weighted by Gasteiger charge is 2.50. The van der Waals surface area contributed by atoms with Crippen LogP contribution in [0.4, 0.5) is 0 Å². The fraction of sp³-hybridized carbons (Fsp3) is 0.444. The van der Waals surface area contributed by atoms with Crippen LogP contribution < -0.4 is 14.2 Å². The lowest BCUT2D eigenvalue weighted by Gasteiger charge is -2.42. The van der Waals surface area contributed by atoms with Gasteiger partial charge in [-0.05, 0) is 47.9 Å². The molecule has 8 N–H and O–H groups in total. The molecule has 0 bridgehead atoms. The van der Waals surface area contributed by atoms with Crippen LogP contribution in [0.15, 0.2) is 53.8 Å². The quantitative estimate of drug-likeness (QED) is 0.0840. The number of esters is 1. The number of carbonyl (C=O) groups excluding carboxylic acids is 1. The van der Waals surface area contributed by atoms with E-state index in [-0.39, 0.29) is 54.0 Å². The molecule has 6 rings (SSSR count). The van der Waals surface area contributed by atoms with Crippen LogP contribution in [0.3, 0.4) is 0 Å². The summed E-state index contributed by atoms with van der Waals surface area (Å²) in [6.07, 6.45) is -4.50. The van der Waals surface area contributed by atoms with Gasteiger partial charge in [-0.1, -0.05) is 6.08 Å². The Bertz CT molecular complexity index is 1770. The molecule has 1 saturated heterocycles. The van der Waals surface area contributed by atoms with Gasteiger partial charge in [0.25, 0.3) is 0 Å². The zero-order chi connectivity index (χ0) is 38.1. The van der Waals surface area contributed by atoms with E-state index < -0.39 is 79.4 Å². The van der Waals surface area contributed by atoms with E-state index in [1.54, 1.807) is 12.1 Å². The van der Waals surface area contributed by atoms with Crippen molar-refractivity contribution in [3.05, 3.63) is 70.5 Å². The molecule has 286 valence electrons. The van der Waals surface area contributed by atoms with Gasteiger partial charge in [-0.25, -0.2) is 9.59 Å². The smallest absolute Gasteiger partial charge is 0.335 e. The highest BCUT2D eigenvalue weighted by molar-refractivity contribution is 5.88. The minimum absolute atomic E-state index is 0.0615. The second kappa shape index (κ2) is 15.6. The molecule has 0 aromatic heterocycles. The number of allylic oxidation sites excluding steroid dienone is 1. The van der Waals surface area contributed by atoms with E-state index in [0.29, 0.717) is 22.3 Å². The number of aliphatic hydroxyl groups excluding tert-OH is 5. The number of hydrogen-bond acceptors (Lipinski definition) is 16. The highest BCUT2D eigenvalue weighted by Crippen LogP contribution is 2.52. The monoisotopic (exact) mass is 744 g/mol. The Balaban J connectivity index is 1.14. The minimum atomic E-state index is -1.74. The summed E-state index contributed by atoms with van der Waals surface area (Å²) in [6.45, 7) is -1.36. The molecular formula is C36H40O17. The lowest BCUT2D eigenvalue weighted by atomic mass is 9.83. The summed E-state index contributed by atoms with van der Waals surface area (Å²) < 4.78 is 38.9. The third-order valence-corrected chi connectivity index (χ3v) is 9.83. The van der Waals surface area contributed by atoms with Crippen LogP contribution in [-0.4, -0.2) is 124 Å². The SMILES string of the molecule is COc1cc(C2Oc3c(O)cc(C=CC(=O)OCC4=CCC5C(C(=O)O)=COC(OC6OC(CO)C(O)C(O)C6O)C45)cc3C2CO)cc(OC)c1O. The first-order valence-corrected chi connectivity index (χ1v) is 16.6. The number of benzene rings is 2. The maximum absolute atomic E-state index is 12.9. The number of rotatable bonds is 12. The second-order valence-corrected chi connectivity index (χ2v) is 12.9. The molecule has 1 aliphatic carbocycles. The normalized spacial score (nSPS) is 30.4. The molecule has 2 aromatic carbocycles. The number of ether oxygens (including phenoxy) is 7. The number of carboxylic acids is 1. The maximum Gasteiger partial charge on any atom is 0.335 e. The van der Waals surface area contributed by atoms with Crippen molar-refractivity contribution in [2.24, 2.45) is 11.8 Å². The predicted molar refractivity (Wildman–Crippen MR) is 178 cm³/mol. The van der Waals surface area contributed by atoms with E-state index in [1.807, 2.05) is 0 Å². The summed E-state index contributed by atoms with van der Waals surface area (Å²) >= 11 is 0. The number of hydrogen-bond donors (Lipinski definition) is 8. The number of aliphatic carboxylic acids is 1. The molecule has 1 fully saturated rings. The van der Waals surface area contributed by atoms with E-state index >= 15 is 0 Å². The van der Waals surface area contributed by atoms with Crippen molar-refractivity contribution in [2.75, 3.05) is 34.0 Å². The summed E-state index contributed by atoms with van der Waals surface area (Å²) in [7, 11) is 2.75. The Morgan fingerprint density at radius 2 is 1.66 bits per heavy atom. The lowest BCUT2D eigenvalue weighted by Crippen LogP contribution is -2.60. The summed E-state index contributed by atoms with van der Waals surface area (Å²) in [4.78, 5) is 24.9. The van der Waals surface area contributed by atoms with Gasteiger partial charge in [-0.2, -0.15) is 0 Å². The number of aromatic hydroxyl groups is 2. The van der Waals surface area contributed by atoms with Crippen molar-refractivity contribution in [3.8, 4) is 28.7 Å². The van der Waals surface area contributed by atoms with E-state index in [4.69, 9.17) is 33.2 Å². The van der Waals surface area contributed by atoms with Crippen molar-refractivity contribution >= 4 is 18.0 Å². The van der Waals surface area contributed by atoms with Crippen LogP contribution in [0.1, 0.15) is 35.1 Å². The number of phenols is 2. The van der Waals surface area contributed by atoms with Gasteiger partial charge < -0.3 is 74.0 Å². The molecule has 0 amide bonds. The first-order valence-electron chi connectivity index (χ1n) is 16.6. The number of carboxylic acid groups (broad SMARTS) is 1. The Kier molecular flexibility index (Phi) is 11.2. The third kappa shape index (κ3) is 7.24. The largest absolute Gasteiger partial charge is 0.504 e. The van der Waals surface area contributed by atoms with Gasteiger partial charge in [0, 0.05) is 23.1 Å². The fourth-order valence-corrected chi connectivity index (χ4v) is 7.08. The molecule has 17 nitrogen and oxygen atoms in total. The summed E-state index contributed by atoms with van der Waals surface area (Å²) in [5.74, 6) is -4.24. The van der Waals surface area contributed by atoms with Crippen molar-refractivity contribution in [1.29, 1.82) is 0 Å². The van der Waals surface area contributed by atoms with Crippen LogP contribution in [0.25, 0.3) is 6.08 Å². The first-order chi connectivity index (χ1) is 25.4. The molecule has 53 heavy (non-hydrogen) atoms. The molecule has 0 spiro atoms. The van der Waals surface area contributed by atoms with Crippen molar-refractivity contribution in [3.63, 3.8) is 0 Å². The van der Waals surface area contributed by atoms with Gasteiger partial charge in [-0.15, -0.1) is 0 Å². The van der Waals surface area contributed by atoms with Crippen molar-refractivity contribution < 1.29 is 83.6 Å². The molecular weight excluding hydrogens is 704 g/mol. The van der Waals surface area contributed by atoms with Crippen LogP contribution in [-0.2, 0) is 28.5 Å². The Morgan fingerprint density at radius 3 is 2.30 bits per heavy atom. The molecule has 3 aliphatic heterocycles. The first kappa shape index (κ1) is 37.9. The van der Waals surface area contributed by atoms with Gasteiger partial charge in [0.1, 0.15) is 37.1 Å². The van der Waals surface area contributed by atoms with Crippen LogP contribution in [0.2, 0.25) is 0 Å². The number of carbonyl (C=O) groups is 2. The number of phenolic OH excluding ortho intramolecular Hbond substituents is 2. The molecule has 3 heterocycles. The summed E-state index contributed by atoms with van der Waals surface area (Å²) in [5.41, 5.74) is 1.74.